The van der Waals surface area contributed by atoms with Crippen molar-refractivity contribution in [1.29, 1.82) is 0 Å². The van der Waals surface area contributed by atoms with Gasteiger partial charge >= 0.3 is 0 Å². The minimum absolute atomic E-state index is 0.0885. The summed E-state index contributed by atoms with van der Waals surface area (Å²) in [6.45, 7) is 9.66. The Balaban J connectivity index is 2.74. The molecule has 1 saturated heterocycles. The molecule has 1 rings (SSSR count). The molecule has 0 radical (unpaired) electrons. The first-order valence-corrected chi connectivity index (χ1v) is 3.97. The van der Waals surface area contributed by atoms with Gasteiger partial charge in [0.2, 0.25) is 0 Å². The zero-order valence-corrected chi connectivity index (χ0v) is 7.63. The van der Waals surface area contributed by atoms with Crippen molar-refractivity contribution in [3.8, 4) is 0 Å². The minimum Gasteiger partial charge on any atom is -0.487 e. The van der Waals surface area contributed by atoms with E-state index in [0.717, 1.165) is 0 Å². The summed E-state index contributed by atoms with van der Waals surface area (Å²) in [5, 5.41) is 0. The Morgan fingerprint density at radius 1 is 1.46 bits per heavy atom. The highest BCUT2D eigenvalue weighted by atomic mass is 16.6. The molecule has 0 spiro atoms. The molecule has 70 valence electrons. The number of Topliss-reactive ketones (excluding diaryl/α,β-unsaturated/α-hetero) is 1. The molecular formula is C10H12O3. The van der Waals surface area contributed by atoms with Crippen LogP contribution < -0.4 is 0 Å². The van der Waals surface area contributed by atoms with E-state index < -0.39 is 0 Å². The van der Waals surface area contributed by atoms with Crippen molar-refractivity contribution in [2.24, 2.45) is 0 Å². The maximum Gasteiger partial charge on any atom is 0.161 e. The summed E-state index contributed by atoms with van der Waals surface area (Å²) >= 11 is 0. The summed E-state index contributed by atoms with van der Waals surface area (Å²) in [5.74, 6) is 0.856. The molecule has 1 heterocycles. The molecule has 3 heteroatoms. The van der Waals surface area contributed by atoms with Gasteiger partial charge in [-0.25, -0.2) is 0 Å². The third-order valence-corrected chi connectivity index (χ3v) is 1.65. The second-order valence-corrected chi connectivity index (χ2v) is 2.71. The number of hydrogen-bond donors (Lipinski definition) is 0. The van der Waals surface area contributed by atoms with Crippen LogP contribution in [0.15, 0.2) is 36.3 Å². The quantitative estimate of drug-likeness (QED) is 0.605. The van der Waals surface area contributed by atoms with E-state index in [9.17, 15) is 4.79 Å². The molecule has 0 aromatic rings. The lowest BCUT2D eigenvalue weighted by molar-refractivity contribution is -0.113. The van der Waals surface area contributed by atoms with Gasteiger partial charge in [0.15, 0.2) is 17.3 Å². The highest BCUT2D eigenvalue weighted by Crippen LogP contribution is 2.17. The van der Waals surface area contributed by atoms with E-state index in [0.29, 0.717) is 30.3 Å². The molecule has 0 aliphatic carbocycles. The summed E-state index contributed by atoms with van der Waals surface area (Å²) in [7, 11) is 0. The fourth-order valence-electron chi connectivity index (χ4n) is 0.850. The third kappa shape index (κ3) is 2.47. The summed E-state index contributed by atoms with van der Waals surface area (Å²) in [4.78, 5) is 10.9. The molecule has 0 N–H and O–H groups in total. The van der Waals surface area contributed by atoms with Gasteiger partial charge in [-0.3, -0.25) is 4.79 Å². The Bertz CT molecular complexity index is 287. The molecular weight excluding hydrogens is 168 g/mol. The molecule has 13 heavy (non-hydrogen) atoms. The minimum atomic E-state index is -0.0885. The van der Waals surface area contributed by atoms with E-state index in [4.69, 9.17) is 9.47 Å². The van der Waals surface area contributed by atoms with Crippen LogP contribution in [0.5, 0.6) is 0 Å². The Labute approximate surface area is 77.3 Å². The van der Waals surface area contributed by atoms with Gasteiger partial charge in [-0.1, -0.05) is 13.2 Å². The molecule has 0 amide bonds. The van der Waals surface area contributed by atoms with E-state index >= 15 is 0 Å². The number of ketones is 1. The lowest BCUT2D eigenvalue weighted by Gasteiger charge is -2.19. The lowest BCUT2D eigenvalue weighted by atomic mass is 10.2. The van der Waals surface area contributed by atoms with E-state index in [1.165, 1.54) is 6.92 Å². The molecule has 1 aliphatic heterocycles. The van der Waals surface area contributed by atoms with Gasteiger partial charge in [-0.05, 0) is 13.0 Å². The van der Waals surface area contributed by atoms with Crippen molar-refractivity contribution in [2.75, 3.05) is 13.2 Å². The summed E-state index contributed by atoms with van der Waals surface area (Å²) < 4.78 is 10.4. The van der Waals surface area contributed by atoms with Crippen molar-refractivity contribution in [1.82, 2.24) is 0 Å². The molecule has 3 nitrogen and oxygen atoms in total. The smallest absolute Gasteiger partial charge is 0.161 e. The largest absolute Gasteiger partial charge is 0.487 e. The molecule has 0 bridgehead atoms. The number of carbonyl (C=O) groups excluding carboxylic acids is 1. The number of rotatable bonds is 2. The van der Waals surface area contributed by atoms with E-state index in [-0.39, 0.29) is 5.78 Å². The SMILES string of the molecule is C=C(/C=C1/OCCOC1=C)C(C)=O. The number of carbonyl (C=O) groups is 1. The normalized spacial score (nSPS) is 19.2. The summed E-state index contributed by atoms with van der Waals surface area (Å²) in [6.07, 6.45) is 1.55. The molecule has 1 fully saturated rings. The zero-order valence-electron chi connectivity index (χ0n) is 7.63. The molecule has 0 aromatic heterocycles. The second-order valence-electron chi connectivity index (χ2n) is 2.71. The number of ether oxygens (including phenoxy) is 2. The molecule has 0 atom stereocenters. The van der Waals surface area contributed by atoms with Crippen molar-refractivity contribution in [3.63, 3.8) is 0 Å². The van der Waals surface area contributed by atoms with Crippen LogP contribution in [0.1, 0.15) is 6.92 Å². The standard InChI is InChI=1S/C10H12O3/c1-7(8(2)11)6-10-9(3)12-4-5-13-10/h6H,1,3-5H2,2H3/b10-6+. The van der Waals surface area contributed by atoms with Crippen LogP contribution in [0.2, 0.25) is 0 Å². The van der Waals surface area contributed by atoms with Gasteiger partial charge in [0.05, 0.1) is 0 Å². The molecule has 0 saturated carbocycles. The lowest BCUT2D eigenvalue weighted by Crippen LogP contribution is -2.13. The van der Waals surface area contributed by atoms with Gasteiger partial charge < -0.3 is 9.47 Å². The first kappa shape index (κ1) is 9.58. The van der Waals surface area contributed by atoms with Gasteiger partial charge in [0.25, 0.3) is 0 Å². The van der Waals surface area contributed by atoms with Crippen molar-refractivity contribution >= 4 is 5.78 Å². The average molecular weight is 180 g/mol. The number of allylic oxidation sites excluding steroid dienone is 2. The van der Waals surface area contributed by atoms with Gasteiger partial charge in [-0.2, -0.15) is 0 Å². The Morgan fingerprint density at radius 3 is 2.62 bits per heavy atom. The Morgan fingerprint density at radius 2 is 2.08 bits per heavy atom. The van der Waals surface area contributed by atoms with Gasteiger partial charge in [0.1, 0.15) is 13.2 Å². The highest BCUT2D eigenvalue weighted by Gasteiger charge is 2.12. The fraction of sp³-hybridized carbons (Fsp3) is 0.300. The van der Waals surface area contributed by atoms with Crippen LogP contribution in [0.4, 0.5) is 0 Å². The van der Waals surface area contributed by atoms with Crippen LogP contribution in [0.25, 0.3) is 0 Å². The Kier molecular flexibility index (Phi) is 2.90. The molecule has 0 unspecified atom stereocenters. The third-order valence-electron chi connectivity index (χ3n) is 1.65. The monoisotopic (exact) mass is 180 g/mol. The maximum absolute atomic E-state index is 10.9. The van der Waals surface area contributed by atoms with Crippen LogP contribution in [0.3, 0.4) is 0 Å². The Hall–Kier alpha value is -1.51. The van der Waals surface area contributed by atoms with E-state index in [1.54, 1.807) is 6.08 Å². The maximum atomic E-state index is 10.9. The predicted molar refractivity (Wildman–Crippen MR) is 48.9 cm³/mol. The predicted octanol–water partition coefficient (Wildman–Crippen LogP) is 1.58. The van der Waals surface area contributed by atoms with Crippen molar-refractivity contribution in [2.45, 2.75) is 6.92 Å². The van der Waals surface area contributed by atoms with Gasteiger partial charge in [0, 0.05) is 5.57 Å². The van der Waals surface area contributed by atoms with E-state index in [2.05, 4.69) is 13.2 Å². The average Bonchev–Trinajstić information content (AvgIpc) is 2.08. The van der Waals surface area contributed by atoms with Crippen LogP contribution in [-0.4, -0.2) is 19.0 Å². The van der Waals surface area contributed by atoms with Crippen LogP contribution >= 0.6 is 0 Å². The first-order chi connectivity index (χ1) is 6.11. The van der Waals surface area contributed by atoms with Crippen LogP contribution in [-0.2, 0) is 14.3 Å². The van der Waals surface area contributed by atoms with Gasteiger partial charge in [-0.15, -0.1) is 0 Å². The highest BCUT2D eigenvalue weighted by molar-refractivity contribution is 5.95. The number of hydrogen-bond acceptors (Lipinski definition) is 3. The van der Waals surface area contributed by atoms with Crippen molar-refractivity contribution in [3.05, 3.63) is 36.3 Å². The van der Waals surface area contributed by atoms with Crippen molar-refractivity contribution < 1.29 is 14.3 Å². The molecule has 1 aliphatic rings. The molecule has 0 aromatic carbocycles. The van der Waals surface area contributed by atoms with Crippen LogP contribution in [0, 0.1) is 0 Å². The zero-order chi connectivity index (χ0) is 9.84. The second kappa shape index (κ2) is 3.94. The topological polar surface area (TPSA) is 35.5 Å². The fourth-order valence-corrected chi connectivity index (χ4v) is 0.850. The van der Waals surface area contributed by atoms with E-state index in [1.807, 2.05) is 0 Å². The summed E-state index contributed by atoms with van der Waals surface area (Å²) in [6, 6.07) is 0. The summed E-state index contributed by atoms with van der Waals surface area (Å²) in [5.41, 5.74) is 0.390. The first-order valence-electron chi connectivity index (χ1n) is 3.97.